The van der Waals surface area contributed by atoms with Crippen LogP contribution >= 0.6 is 11.6 Å². The van der Waals surface area contributed by atoms with Gasteiger partial charge in [-0.25, -0.2) is 4.68 Å². The first-order chi connectivity index (χ1) is 16.9. The number of ether oxygens (including phenoxy) is 1. The van der Waals surface area contributed by atoms with Crippen molar-refractivity contribution in [1.29, 1.82) is 0 Å². The largest absolute Gasteiger partial charge is 0.497 e. The summed E-state index contributed by atoms with van der Waals surface area (Å²) in [6.07, 6.45) is 0. The highest BCUT2D eigenvalue weighted by Gasteiger charge is 2.22. The van der Waals surface area contributed by atoms with Gasteiger partial charge in [0, 0.05) is 16.1 Å². The van der Waals surface area contributed by atoms with Crippen molar-refractivity contribution in [3.05, 3.63) is 95.1 Å². The monoisotopic (exact) mass is 490 g/mol. The number of nitrogens with one attached hydrogen (secondary N) is 3. The number of methoxy groups -OCH3 is 1. The van der Waals surface area contributed by atoms with Crippen LogP contribution in [0.5, 0.6) is 5.75 Å². The van der Waals surface area contributed by atoms with Crippen LogP contribution in [0.15, 0.2) is 78.9 Å². The number of halogens is 1. The van der Waals surface area contributed by atoms with Gasteiger partial charge < -0.3 is 15.4 Å². The normalized spacial score (nSPS) is 11.5. The Bertz CT molecular complexity index is 1380. The number of carbonyl (C=O) groups excluding carboxylic acids is 3. The van der Waals surface area contributed by atoms with E-state index in [9.17, 15) is 14.4 Å². The lowest BCUT2D eigenvalue weighted by Crippen LogP contribution is -2.40. The molecule has 0 unspecified atom stereocenters. The van der Waals surface area contributed by atoms with Gasteiger partial charge in [0.15, 0.2) is 0 Å². The van der Waals surface area contributed by atoms with E-state index in [0.29, 0.717) is 27.4 Å². The molecule has 4 aromatic rings. The van der Waals surface area contributed by atoms with Crippen LogP contribution in [0.25, 0.3) is 10.9 Å². The molecule has 8 nitrogen and oxygen atoms in total. The number of hydrogen-bond donors (Lipinski definition) is 3. The van der Waals surface area contributed by atoms with Crippen LogP contribution in [0.2, 0.25) is 5.02 Å². The van der Waals surface area contributed by atoms with Gasteiger partial charge in [-0.3, -0.25) is 19.8 Å². The third-order valence-electron chi connectivity index (χ3n) is 5.41. The van der Waals surface area contributed by atoms with Crippen LogP contribution in [-0.2, 0) is 9.59 Å². The Balaban J connectivity index is 1.58. The molecular weight excluding hydrogens is 468 g/mol. The minimum absolute atomic E-state index is 0.121. The minimum atomic E-state index is -0.918. The number of benzene rings is 3. The van der Waals surface area contributed by atoms with Crippen LogP contribution in [0.4, 0.5) is 5.69 Å². The van der Waals surface area contributed by atoms with Crippen molar-refractivity contribution in [3.8, 4) is 5.75 Å². The molecule has 0 aliphatic carbocycles. The van der Waals surface area contributed by atoms with E-state index in [4.69, 9.17) is 16.3 Å². The van der Waals surface area contributed by atoms with Crippen molar-refractivity contribution in [2.24, 2.45) is 0 Å². The lowest BCUT2D eigenvalue weighted by atomic mass is 10.1. The molecule has 9 heteroatoms. The number of rotatable bonds is 6. The third kappa shape index (κ3) is 5.44. The van der Waals surface area contributed by atoms with Crippen molar-refractivity contribution >= 4 is 45.9 Å². The molecule has 0 aliphatic rings. The zero-order valence-electron chi connectivity index (χ0n) is 19.0. The summed E-state index contributed by atoms with van der Waals surface area (Å²) in [6, 6.07) is 22.3. The summed E-state index contributed by atoms with van der Waals surface area (Å²) in [4.78, 5) is 38.5. The molecule has 0 radical (unpaired) electrons. The summed E-state index contributed by atoms with van der Waals surface area (Å²) in [5.41, 5.74) is 4.55. The number of fused-ring (bicyclic) bond motifs is 1. The lowest BCUT2D eigenvalue weighted by Gasteiger charge is -2.16. The Morgan fingerprint density at radius 3 is 2.31 bits per heavy atom. The van der Waals surface area contributed by atoms with E-state index in [2.05, 4.69) is 16.1 Å². The van der Waals surface area contributed by atoms with E-state index in [1.165, 1.54) is 4.68 Å². The first-order valence-electron chi connectivity index (χ1n) is 10.8. The number of amides is 3. The van der Waals surface area contributed by atoms with Crippen LogP contribution in [0.1, 0.15) is 29.0 Å². The highest BCUT2D eigenvalue weighted by Crippen LogP contribution is 2.24. The van der Waals surface area contributed by atoms with E-state index in [1.54, 1.807) is 62.6 Å². The number of nitrogens with zero attached hydrogens (tertiary/aromatic N) is 1. The lowest BCUT2D eigenvalue weighted by molar-refractivity contribution is -0.137. The van der Waals surface area contributed by atoms with E-state index in [-0.39, 0.29) is 11.7 Å². The molecule has 0 fully saturated rings. The van der Waals surface area contributed by atoms with Crippen LogP contribution in [0.3, 0.4) is 0 Å². The summed E-state index contributed by atoms with van der Waals surface area (Å²) in [5, 5.41) is 6.54. The first kappa shape index (κ1) is 23.8. The molecule has 1 atom stereocenters. The van der Waals surface area contributed by atoms with Gasteiger partial charge in [0.05, 0.1) is 18.7 Å². The van der Waals surface area contributed by atoms with Crippen molar-refractivity contribution in [2.75, 3.05) is 17.9 Å². The Hall–Kier alpha value is -4.30. The maximum Gasteiger partial charge on any atom is 0.328 e. The van der Waals surface area contributed by atoms with Crippen LogP contribution in [0, 0.1) is 0 Å². The zero-order valence-corrected chi connectivity index (χ0v) is 19.8. The maximum absolute atomic E-state index is 13.1. The second-order valence-corrected chi connectivity index (χ2v) is 8.23. The van der Waals surface area contributed by atoms with Gasteiger partial charge in [-0.05, 0) is 61.0 Å². The fourth-order valence-corrected chi connectivity index (χ4v) is 3.76. The molecule has 3 amide bonds. The number of hydrogen-bond acceptors (Lipinski definition) is 4. The van der Waals surface area contributed by atoms with E-state index >= 15 is 0 Å². The molecule has 0 spiro atoms. The maximum atomic E-state index is 13.1. The molecule has 0 saturated heterocycles. The minimum Gasteiger partial charge on any atom is -0.497 e. The molecular formula is C26H23ClN4O4. The SMILES string of the molecule is COc1ccc(NC(=O)c2cc3cc(Cl)ccc3n2NC(=O)C(=O)N[C@@H](C)c2ccccc2)cc1. The molecule has 1 aromatic heterocycles. The molecule has 35 heavy (non-hydrogen) atoms. The van der Waals surface area contributed by atoms with Gasteiger partial charge in [-0.2, -0.15) is 0 Å². The quantitative estimate of drug-likeness (QED) is 0.346. The van der Waals surface area contributed by atoms with Gasteiger partial charge in [0.2, 0.25) is 0 Å². The average molecular weight is 491 g/mol. The van der Waals surface area contributed by atoms with Crippen LogP contribution < -0.4 is 20.8 Å². The van der Waals surface area contributed by atoms with Crippen molar-refractivity contribution in [2.45, 2.75) is 13.0 Å². The summed E-state index contributed by atoms with van der Waals surface area (Å²) in [6.45, 7) is 1.78. The average Bonchev–Trinajstić information content (AvgIpc) is 3.22. The number of aromatic nitrogens is 1. The molecule has 178 valence electrons. The molecule has 4 rings (SSSR count). The topological polar surface area (TPSA) is 101 Å². The van der Waals surface area contributed by atoms with Gasteiger partial charge in [-0.1, -0.05) is 41.9 Å². The summed E-state index contributed by atoms with van der Waals surface area (Å²) in [7, 11) is 1.55. The van der Waals surface area contributed by atoms with E-state index in [0.717, 1.165) is 5.56 Å². The second-order valence-electron chi connectivity index (χ2n) is 7.80. The number of carbonyl (C=O) groups is 3. The molecule has 0 aliphatic heterocycles. The highest BCUT2D eigenvalue weighted by atomic mass is 35.5. The van der Waals surface area contributed by atoms with Gasteiger partial charge >= 0.3 is 11.8 Å². The Kier molecular flexibility index (Phi) is 7.03. The third-order valence-corrected chi connectivity index (χ3v) is 5.65. The summed E-state index contributed by atoms with van der Waals surface area (Å²) < 4.78 is 6.41. The molecule has 3 aromatic carbocycles. The zero-order chi connectivity index (χ0) is 24.9. The van der Waals surface area contributed by atoms with E-state index < -0.39 is 17.7 Å². The smallest absolute Gasteiger partial charge is 0.328 e. The predicted molar refractivity (Wildman–Crippen MR) is 135 cm³/mol. The molecule has 0 saturated carbocycles. The summed E-state index contributed by atoms with van der Waals surface area (Å²) in [5.74, 6) is -1.59. The van der Waals surface area contributed by atoms with E-state index in [1.807, 2.05) is 30.3 Å². The van der Waals surface area contributed by atoms with Crippen LogP contribution in [-0.4, -0.2) is 29.5 Å². The Labute approximate surface area is 206 Å². The first-order valence-corrected chi connectivity index (χ1v) is 11.2. The second kappa shape index (κ2) is 10.3. The molecule has 3 N–H and O–H groups in total. The predicted octanol–water partition coefficient (Wildman–Crippen LogP) is 4.50. The Morgan fingerprint density at radius 1 is 0.914 bits per heavy atom. The highest BCUT2D eigenvalue weighted by molar-refractivity contribution is 6.38. The fourth-order valence-electron chi connectivity index (χ4n) is 3.58. The number of anilines is 1. The van der Waals surface area contributed by atoms with Crippen molar-refractivity contribution in [1.82, 2.24) is 9.99 Å². The van der Waals surface area contributed by atoms with Crippen molar-refractivity contribution < 1.29 is 19.1 Å². The Morgan fingerprint density at radius 2 is 1.63 bits per heavy atom. The van der Waals surface area contributed by atoms with Gasteiger partial charge in [0.1, 0.15) is 11.4 Å². The standard InChI is InChI=1S/C26H23ClN4O4/c1-16(17-6-4-3-5-7-17)28-25(33)26(34)30-31-22-13-8-19(27)14-18(22)15-23(31)24(32)29-20-9-11-21(35-2)12-10-20/h3-16H,1-2H3,(H,28,33)(H,29,32)(H,30,34)/t16-/m0/s1. The van der Waals surface area contributed by atoms with Crippen molar-refractivity contribution in [3.63, 3.8) is 0 Å². The summed E-state index contributed by atoms with van der Waals surface area (Å²) >= 11 is 6.12. The van der Waals surface area contributed by atoms with Gasteiger partial charge in [-0.15, -0.1) is 0 Å². The fraction of sp³-hybridized carbons (Fsp3) is 0.115. The molecule has 1 heterocycles. The molecule has 0 bridgehead atoms. The van der Waals surface area contributed by atoms with Gasteiger partial charge in [0.25, 0.3) is 5.91 Å².